The number of amides is 1. The zero-order valence-electron chi connectivity index (χ0n) is 20.3. The predicted molar refractivity (Wildman–Crippen MR) is 141 cm³/mol. The number of carbonyl (C=O) groups excluding carboxylic acids is 2. The molecule has 2 atom stereocenters. The van der Waals surface area contributed by atoms with Crippen molar-refractivity contribution in [3.8, 4) is 23.0 Å². The molecular weight excluding hydrogens is 488 g/mol. The van der Waals surface area contributed by atoms with Gasteiger partial charge in [-0.1, -0.05) is 42.5 Å². The summed E-state index contributed by atoms with van der Waals surface area (Å²) in [6.07, 6.45) is -0.525. The molecule has 1 heterocycles. The standard InChI is InChI=1S/C29H24N2O7/c1-15-25(31-29(38-15)20-10-5-13-23(33)27(20)36)24(34)14-16-6-2-8-18-17(16)7-3-11-21(18)30-28(37)19-9-4-12-22(32)26(19)35/h2-13,15,25,32-33,35-36H,14H2,1H3,(H,30,37)/t15?,25-/m0/s1. The van der Waals surface area contributed by atoms with Gasteiger partial charge in [-0.05, 0) is 48.2 Å². The van der Waals surface area contributed by atoms with E-state index in [0.717, 1.165) is 10.9 Å². The molecule has 0 spiro atoms. The van der Waals surface area contributed by atoms with Crippen molar-refractivity contribution in [3.63, 3.8) is 0 Å². The average molecular weight is 513 g/mol. The van der Waals surface area contributed by atoms with E-state index in [1.807, 2.05) is 18.2 Å². The molecule has 192 valence electrons. The van der Waals surface area contributed by atoms with E-state index in [1.165, 1.54) is 24.3 Å². The van der Waals surface area contributed by atoms with Gasteiger partial charge >= 0.3 is 0 Å². The summed E-state index contributed by atoms with van der Waals surface area (Å²) in [7, 11) is 0. The molecule has 9 heteroatoms. The molecular formula is C29H24N2O7. The molecule has 0 fully saturated rings. The molecule has 0 aromatic heterocycles. The number of aliphatic imine (C=N–C) groups is 1. The molecule has 0 radical (unpaired) electrons. The van der Waals surface area contributed by atoms with Crippen LogP contribution in [0.25, 0.3) is 10.8 Å². The van der Waals surface area contributed by atoms with Crippen molar-refractivity contribution in [1.82, 2.24) is 0 Å². The van der Waals surface area contributed by atoms with Gasteiger partial charge in [-0.15, -0.1) is 0 Å². The van der Waals surface area contributed by atoms with Crippen molar-refractivity contribution in [2.24, 2.45) is 4.99 Å². The van der Waals surface area contributed by atoms with E-state index in [-0.39, 0.29) is 40.7 Å². The Morgan fingerprint density at radius 2 is 1.50 bits per heavy atom. The number of ether oxygens (including phenoxy) is 1. The van der Waals surface area contributed by atoms with Crippen LogP contribution in [-0.2, 0) is 16.0 Å². The number of anilines is 1. The lowest BCUT2D eigenvalue weighted by molar-refractivity contribution is -0.120. The molecule has 0 saturated heterocycles. The third-order valence-electron chi connectivity index (χ3n) is 6.46. The maximum Gasteiger partial charge on any atom is 0.259 e. The van der Waals surface area contributed by atoms with Crippen molar-refractivity contribution in [2.45, 2.75) is 25.5 Å². The van der Waals surface area contributed by atoms with E-state index in [4.69, 9.17) is 4.74 Å². The summed E-state index contributed by atoms with van der Waals surface area (Å²) in [6, 6.07) is 18.5. The van der Waals surface area contributed by atoms with Crippen LogP contribution in [0.5, 0.6) is 23.0 Å². The molecule has 5 N–H and O–H groups in total. The number of ketones is 1. The summed E-state index contributed by atoms with van der Waals surface area (Å²) in [5, 5.41) is 43.9. The third kappa shape index (κ3) is 4.45. The number of aromatic hydroxyl groups is 4. The Morgan fingerprint density at radius 3 is 2.29 bits per heavy atom. The topological polar surface area (TPSA) is 149 Å². The minimum absolute atomic E-state index is 0.0449. The van der Waals surface area contributed by atoms with Gasteiger partial charge < -0.3 is 30.5 Å². The lowest BCUT2D eigenvalue weighted by Crippen LogP contribution is -2.29. The predicted octanol–water partition coefficient (Wildman–Crippen LogP) is 4.26. The number of phenolic OH excluding ortho intramolecular Hbond substituents is 4. The molecule has 4 aromatic carbocycles. The summed E-state index contributed by atoms with van der Waals surface area (Å²) < 4.78 is 5.74. The Balaban J connectivity index is 1.41. The minimum Gasteiger partial charge on any atom is -0.504 e. The number of hydrogen-bond acceptors (Lipinski definition) is 8. The van der Waals surface area contributed by atoms with E-state index in [2.05, 4.69) is 10.3 Å². The van der Waals surface area contributed by atoms with Crippen LogP contribution in [0.15, 0.2) is 77.8 Å². The SMILES string of the molecule is CC1OC(c2cccc(O)c2O)=N[C@@H]1C(=O)Cc1cccc2c(NC(=O)c3cccc(O)c3O)cccc12. The van der Waals surface area contributed by atoms with Gasteiger partial charge in [-0.3, -0.25) is 9.59 Å². The van der Waals surface area contributed by atoms with Crippen LogP contribution in [0, 0.1) is 0 Å². The van der Waals surface area contributed by atoms with Crippen LogP contribution < -0.4 is 5.32 Å². The largest absolute Gasteiger partial charge is 0.504 e. The van der Waals surface area contributed by atoms with Gasteiger partial charge in [-0.25, -0.2) is 4.99 Å². The molecule has 1 aliphatic heterocycles. The first kappa shape index (κ1) is 24.6. The highest BCUT2D eigenvalue weighted by atomic mass is 16.5. The highest BCUT2D eigenvalue weighted by molar-refractivity contribution is 6.11. The number of nitrogens with zero attached hydrogens (tertiary/aromatic N) is 1. The van der Waals surface area contributed by atoms with Crippen LogP contribution in [0.3, 0.4) is 0 Å². The second-order valence-electron chi connectivity index (χ2n) is 8.96. The summed E-state index contributed by atoms with van der Waals surface area (Å²) >= 11 is 0. The number of Topliss-reactive ketones (excluding diaryl/α,β-unsaturated/α-hetero) is 1. The lowest BCUT2D eigenvalue weighted by atomic mass is 9.96. The fraction of sp³-hybridized carbons (Fsp3) is 0.138. The van der Waals surface area contributed by atoms with Gasteiger partial charge in [-0.2, -0.15) is 0 Å². The number of phenols is 4. The molecule has 1 amide bonds. The first-order valence-corrected chi connectivity index (χ1v) is 11.9. The van der Waals surface area contributed by atoms with E-state index in [1.54, 1.807) is 37.3 Å². The molecule has 5 rings (SSSR count). The Hall–Kier alpha value is -5.05. The Bertz CT molecular complexity index is 1610. The minimum atomic E-state index is -0.807. The Kier molecular flexibility index (Phi) is 6.34. The second kappa shape index (κ2) is 9.78. The summed E-state index contributed by atoms with van der Waals surface area (Å²) in [5.41, 5.74) is 1.33. The molecule has 38 heavy (non-hydrogen) atoms. The fourth-order valence-electron chi connectivity index (χ4n) is 4.51. The third-order valence-corrected chi connectivity index (χ3v) is 6.46. The lowest BCUT2D eigenvalue weighted by Gasteiger charge is -2.14. The molecule has 9 nitrogen and oxygen atoms in total. The van der Waals surface area contributed by atoms with Crippen LogP contribution in [0.2, 0.25) is 0 Å². The summed E-state index contributed by atoms with van der Waals surface area (Å²) in [6.45, 7) is 1.71. The maximum absolute atomic E-state index is 13.3. The van der Waals surface area contributed by atoms with Crippen molar-refractivity contribution in [2.75, 3.05) is 5.32 Å². The molecule has 1 unspecified atom stereocenters. The molecule has 4 aromatic rings. The normalized spacial score (nSPS) is 16.6. The molecule has 1 aliphatic rings. The summed E-state index contributed by atoms with van der Waals surface area (Å²) in [4.78, 5) is 30.5. The number of nitrogens with one attached hydrogen (secondary N) is 1. The average Bonchev–Trinajstić information content (AvgIpc) is 3.29. The van der Waals surface area contributed by atoms with E-state index in [9.17, 15) is 30.0 Å². The van der Waals surface area contributed by atoms with Gasteiger partial charge in [0, 0.05) is 17.5 Å². The maximum atomic E-state index is 13.3. The monoisotopic (exact) mass is 512 g/mol. The van der Waals surface area contributed by atoms with Gasteiger partial charge in [0.25, 0.3) is 5.91 Å². The molecule has 0 aliphatic carbocycles. The van der Waals surface area contributed by atoms with Gasteiger partial charge in [0.15, 0.2) is 28.8 Å². The van der Waals surface area contributed by atoms with E-state index in [0.29, 0.717) is 11.1 Å². The van der Waals surface area contributed by atoms with Crippen molar-refractivity contribution in [3.05, 3.63) is 89.5 Å². The zero-order valence-corrected chi connectivity index (χ0v) is 20.3. The fourth-order valence-corrected chi connectivity index (χ4v) is 4.51. The van der Waals surface area contributed by atoms with E-state index >= 15 is 0 Å². The van der Waals surface area contributed by atoms with Crippen LogP contribution >= 0.6 is 0 Å². The van der Waals surface area contributed by atoms with Crippen molar-refractivity contribution >= 4 is 34.0 Å². The first-order valence-electron chi connectivity index (χ1n) is 11.9. The van der Waals surface area contributed by atoms with Gasteiger partial charge in [0.2, 0.25) is 5.90 Å². The first-order chi connectivity index (χ1) is 18.2. The number of hydrogen-bond donors (Lipinski definition) is 5. The number of carbonyl (C=O) groups is 2. The van der Waals surface area contributed by atoms with Crippen LogP contribution in [0.1, 0.15) is 28.4 Å². The highest BCUT2D eigenvalue weighted by Crippen LogP contribution is 2.33. The molecule has 0 bridgehead atoms. The summed E-state index contributed by atoms with van der Waals surface area (Å²) in [5.74, 6) is -2.29. The van der Waals surface area contributed by atoms with Crippen molar-refractivity contribution < 1.29 is 34.8 Å². The second-order valence-corrected chi connectivity index (χ2v) is 8.96. The Labute approximate surface area is 217 Å². The number of para-hydroxylation sites is 2. The van der Waals surface area contributed by atoms with Crippen LogP contribution in [0.4, 0.5) is 5.69 Å². The number of rotatable bonds is 6. The van der Waals surface area contributed by atoms with Crippen LogP contribution in [-0.4, -0.2) is 50.2 Å². The van der Waals surface area contributed by atoms with E-state index < -0.39 is 29.6 Å². The number of fused-ring (bicyclic) bond motifs is 1. The quantitative estimate of drug-likeness (QED) is 0.242. The Morgan fingerprint density at radius 1 is 0.842 bits per heavy atom. The smallest absolute Gasteiger partial charge is 0.259 e. The zero-order chi connectivity index (χ0) is 27.0. The van der Waals surface area contributed by atoms with Gasteiger partial charge in [0.1, 0.15) is 12.1 Å². The number of benzene rings is 4. The van der Waals surface area contributed by atoms with Gasteiger partial charge in [0.05, 0.1) is 11.1 Å². The highest BCUT2D eigenvalue weighted by Gasteiger charge is 2.34. The van der Waals surface area contributed by atoms with Crippen molar-refractivity contribution in [1.29, 1.82) is 0 Å². The molecule has 0 saturated carbocycles.